The number of primary amides is 2. The number of rotatable bonds is 17. The number of guanidine groups is 1. The Kier molecular flexibility index (Phi) is 23.5. The average Bonchev–Trinajstić information content (AvgIpc) is 3.87. The minimum Gasteiger partial charge on any atom is -0.494 e. The molecular weight excluding hydrogens is 1020 g/mol. The molecule has 3 aliphatic rings. The predicted octanol–water partition coefficient (Wildman–Crippen LogP) is 0.371. The summed E-state index contributed by atoms with van der Waals surface area (Å²) in [4.78, 5) is 131. The maximum Gasteiger partial charge on any atom is 0.246 e. The molecule has 0 radical (unpaired) electrons. The van der Waals surface area contributed by atoms with E-state index in [9.17, 15) is 43.2 Å². The van der Waals surface area contributed by atoms with Crippen LogP contribution in [0.2, 0.25) is 0 Å². The Bertz CT molecular complexity index is 2370. The highest BCUT2D eigenvalue weighted by atomic mass is 32.2. The van der Waals surface area contributed by atoms with E-state index >= 15 is 0 Å². The molecule has 7 atom stereocenters. The summed E-state index contributed by atoms with van der Waals surface area (Å²) in [6.45, 7) is 5.96. The number of nitrogens with one attached hydrogen (secondary N) is 6. The number of likely N-dealkylation sites (tertiary alicyclic amines) is 1. The molecule has 9 amide bonds. The molecule has 76 heavy (non-hydrogen) atoms. The van der Waals surface area contributed by atoms with Gasteiger partial charge in [-0.15, -0.1) is 23.5 Å². The summed E-state index contributed by atoms with van der Waals surface area (Å²) in [5.74, 6) is -6.67. The van der Waals surface area contributed by atoms with Gasteiger partial charge in [-0.3, -0.25) is 48.1 Å². The van der Waals surface area contributed by atoms with Crippen LogP contribution in [0.25, 0.3) is 0 Å². The number of thioether (sulfide) groups is 2. The zero-order valence-electron chi connectivity index (χ0n) is 43.6. The fraction of sp³-hybridized carbons (Fsp3) is 0.577. The van der Waals surface area contributed by atoms with Crippen molar-refractivity contribution in [3.63, 3.8) is 0 Å². The largest absolute Gasteiger partial charge is 0.494 e. The number of carbonyl (C=O) groups excluding carboxylic acids is 9. The van der Waals surface area contributed by atoms with Gasteiger partial charge in [0.2, 0.25) is 53.2 Å². The lowest BCUT2D eigenvalue weighted by molar-refractivity contribution is -0.142. The molecule has 3 fully saturated rings. The molecule has 0 aromatic heterocycles. The Hall–Kier alpha value is -6.56. The number of nitrogens with two attached hydrogens (primary N) is 4. The Balaban J connectivity index is 1.50. The first-order valence-corrected chi connectivity index (χ1v) is 28.1. The number of aliphatic imine (C=N–C) groups is 1. The summed E-state index contributed by atoms with van der Waals surface area (Å²) in [6, 6.07) is 7.32. The number of benzene rings is 2. The Morgan fingerprint density at radius 3 is 2.05 bits per heavy atom. The summed E-state index contributed by atoms with van der Waals surface area (Å²) in [6.07, 6.45) is 4.59. The van der Waals surface area contributed by atoms with Gasteiger partial charge in [-0.05, 0) is 74.6 Å². The number of carbonyl (C=O) groups is 9. The van der Waals surface area contributed by atoms with Gasteiger partial charge >= 0.3 is 0 Å². The fourth-order valence-corrected chi connectivity index (χ4v) is 12.6. The lowest BCUT2D eigenvalue weighted by atomic mass is 9.85. The van der Waals surface area contributed by atoms with Crippen molar-refractivity contribution in [1.82, 2.24) is 36.8 Å². The second-order valence-corrected chi connectivity index (χ2v) is 22.7. The summed E-state index contributed by atoms with van der Waals surface area (Å²) in [5.41, 5.74) is 23.5. The molecule has 0 unspecified atom stereocenters. The van der Waals surface area contributed by atoms with E-state index < -0.39 is 107 Å². The molecule has 2 aromatic rings. The third kappa shape index (κ3) is 18.6. The van der Waals surface area contributed by atoms with Gasteiger partial charge in [-0.25, -0.2) is 0 Å². The third-order valence-corrected chi connectivity index (χ3v) is 16.4. The molecule has 22 nitrogen and oxygen atoms in total. The number of nitrogens with zero attached hydrogens (tertiary/aromatic N) is 2. The zero-order valence-corrected chi connectivity index (χ0v) is 45.3. The van der Waals surface area contributed by atoms with E-state index in [0.29, 0.717) is 48.7 Å². The highest BCUT2D eigenvalue weighted by molar-refractivity contribution is 8.16. The predicted molar refractivity (Wildman–Crippen MR) is 291 cm³/mol. The van der Waals surface area contributed by atoms with Crippen LogP contribution in [0, 0.1) is 5.92 Å². The van der Waals surface area contributed by atoms with Crippen LogP contribution in [-0.2, 0) is 56.0 Å². The standard InChI is InChI=1S/C52H76N12O10S2/c1-4-74-34-19-17-33(18-20-34)26-36-45(68)60-37(25-32-13-7-5-8-14-32)47(70)63-43(31(2)3)49(72)61-38(27-41(53)65)46(69)62-39(29-75-30-76-52(28-42(66)58-36)21-9-6-10-22-52)50(73)64-24-12-16-40(64)48(71)59-35(44(54)67)15-11-23-57-51(55)56/h5,7-8,13-14,17-20,31,35-40,43H,4,6,9-12,15-16,21-30H2,1-3H3,(H2,53,65)(H2,54,67)(H,58,66)(H,59,71)(H,60,68)(H,61,72)(H,62,69)(H,63,70)(H4,55,56,57)/t35-,36+,37+,38+,39+,40-,43-/m0/s1. The van der Waals surface area contributed by atoms with E-state index in [2.05, 4.69) is 36.9 Å². The summed E-state index contributed by atoms with van der Waals surface area (Å²) in [7, 11) is 0. The van der Waals surface area contributed by atoms with Crippen molar-refractivity contribution in [3.05, 3.63) is 65.7 Å². The molecule has 0 bridgehead atoms. The van der Waals surface area contributed by atoms with E-state index in [1.54, 1.807) is 68.1 Å². The lowest BCUT2D eigenvalue weighted by Gasteiger charge is -2.37. The normalized spacial score (nSPS) is 23.6. The molecule has 1 spiro atoms. The molecule has 5 rings (SSSR count). The molecule has 14 N–H and O–H groups in total. The Labute approximate surface area is 452 Å². The van der Waals surface area contributed by atoms with Crippen LogP contribution < -0.4 is 59.6 Å². The van der Waals surface area contributed by atoms with Gasteiger partial charge in [0.25, 0.3) is 0 Å². The zero-order chi connectivity index (χ0) is 55.4. The summed E-state index contributed by atoms with van der Waals surface area (Å²) in [5, 5.41) is 17.0. The fourth-order valence-electron chi connectivity index (χ4n) is 9.57. The molecule has 416 valence electrons. The van der Waals surface area contributed by atoms with E-state index in [1.165, 1.54) is 16.7 Å². The molecular formula is C52H76N12O10S2. The van der Waals surface area contributed by atoms with Crippen molar-refractivity contribution in [2.75, 3.05) is 30.5 Å². The molecule has 2 saturated heterocycles. The molecule has 1 aliphatic carbocycles. The van der Waals surface area contributed by atoms with Crippen molar-refractivity contribution in [1.29, 1.82) is 0 Å². The van der Waals surface area contributed by atoms with E-state index in [-0.39, 0.29) is 62.8 Å². The second kappa shape index (κ2) is 29.7. The van der Waals surface area contributed by atoms with Crippen LogP contribution in [0.15, 0.2) is 59.6 Å². The average molecular weight is 1090 g/mol. The second-order valence-electron chi connectivity index (χ2n) is 19.8. The minimum atomic E-state index is -1.62. The maximum absolute atomic E-state index is 14.7. The lowest BCUT2D eigenvalue weighted by Crippen LogP contribution is -2.61. The van der Waals surface area contributed by atoms with Crippen molar-refractivity contribution < 1.29 is 47.9 Å². The van der Waals surface area contributed by atoms with Gasteiger partial charge in [-0.1, -0.05) is 75.6 Å². The molecule has 2 heterocycles. The first kappa shape index (κ1) is 60.3. The first-order valence-electron chi connectivity index (χ1n) is 26.0. The van der Waals surface area contributed by atoms with Crippen molar-refractivity contribution in [3.8, 4) is 5.75 Å². The molecule has 1 saturated carbocycles. The van der Waals surface area contributed by atoms with Gasteiger partial charge in [0, 0.05) is 47.9 Å². The summed E-state index contributed by atoms with van der Waals surface area (Å²) < 4.78 is 5.07. The molecule has 2 aromatic carbocycles. The van der Waals surface area contributed by atoms with Crippen LogP contribution in [0.1, 0.15) is 103 Å². The van der Waals surface area contributed by atoms with Gasteiger partial charge < -0.3 is 64.5 Å². The third-order valence-electron chi connectivity index (χ3n) is 13.6. The number of hydrogen-bond donors (Lipinski definition) is 10. The Morgan fingerprint density at radius 1 is 0.789 bits per heavy atom. The van der Waals surface area contributed by atoms with Crippen LogP contribution in [-0.4, -0.2) is 142 Å². The van der Waals surface area contributed by atoms with E-state index in [0.717, 1.165) is 24.8 Å². The minimum absolute atomic E-state index is 0.0000645. The number of amides is 9. The maximum atomic E-state index is 14.7. The van der Waals surface area contributed by atoms with E-state index in [4.69, 9.17) is 27.7 Å². The monoisotopic (exact) mass is 1090 g/mol. The van der Waals surface area contributed by atoms with Crippen LogP contribution >= 0.6 is 23.5 Å². The smallest absolute Gasteiger partial charge is 0.246 e. The quantitative estimate of drug-likeness (QED) is 0.0582. The number of hydrogen-bond acceptors (Lipinski definition) is 13. The summed E-state index contributed by atoms with van der Waals surface area (Å²) >= 11 is 2.86. The van der Waals surface area contributed by atoms with Crippen LogP contribution in [0.3, 0.4) is 0 Å². The molecule has 24 heteroatoms. The number of ether oxygens (including phenoxy) is 1. The van der Waals surface area contributed by atoms with E-state index in [1.807, 2.05) is 19.1 Å². The van der Waals surface area contributed by atoms with Gasteiger partial charge in [0.05, 0.1) is 13.0 Å². The first-order chi connectivity index (χ1) is 36.3. The van der Waals surface area contributed by atoms with Gasteiger partial charge in [0.15, 0.2) is 5.96 Å². The highest BCUT2D eigenvalue weighted by Gasteiger charge is 2.41. The Morgan fingerprint density at radius 2 is 1.42 bits per heavy atom. The van der Waals surface area contributed by atoms with Crippen LogP contribution in [0.5, 0.6) is 5.75 Å². The van der Waals surface area contributed by atoms with Crippen molar-refractivity contribution in [2.45, 2.75) is 151 Å². The molecule has 2 aliphatic heterocycles. The highest BCUT2D eigenvalue weighted by Crippen LogP contribution is 2.44. The SMILES string of the molecule is CCOc1ccc(C[C@H]2NC(=O)CC3(CCCCC3)SCSC[C@H](C(=O)N3CCC[C@H]3C(=O)N[C@@H](CCCN=C(N)N)C(N)=O)NC(=O)[C@@H](CC(N)=O)NC(=O)[C@H](C(C)C)NC(=O)[C@@H](Cc3ccccc3)NC2=O)cc1. The van der Waals surface area contributed by atoms with Gasteiger partial charge in [0.1, 0.15) is 48.0 Å². The van der Waals surface area contributed by atoms with Crippen molar-refractivity contribution in [2.24, 2.45) is 33.8 Å². The topological polar surface area (TPSA) is 355 Å². The van der Waals surface area contributed by atoms with Crippen molar-refractivity contribution >= 4 is 82.6 Å². The van der Waals surface area contributed by atoms with Crippen LogP contribution in [0.4, 0.5) is 0 Å². The van der Waals surface area contributed by atoms with Gasteiger partial charge in [-0.2, -0.15) is 0 Å².